The molecule has 0 aliphatic rings. The molecule has 1 atom stereocenters. The molecular formula is C15H22N6O2S. The van der Waals surface area contributed by atoms with Gasteiger partial charge in [0.1, 0.15) is 6.04 Å². The van der Waals surface area contributed by atoms with E-state index in [0.717, 1.165) is 17.8 Å². The molecule has 0 saturated carbocycles. The Morgan fingerprint density at radius 1 is 1.33 bits per heavy atom. The Balaban J connectivity index is 1.94. The maximum Gasteiger partial charge on any atom is 0.256 e. The zero-order chi connectivity index (χ0) is 17.7. The van der Waals surface area contributed by atoms with Crippen molar-refractivity contribution in [2.45, 2.75) is 45.3 Å². The number of aromatic nitrogens is 4. The standard InChI is InChI=1S/C15H22N6O2S/c1-5-6-16-13(23)11(4)18-12(22)8-24-15-20-19-14-17-9(2)7-10(3)21(14)15/h7,11H,5-6,8H2,1-4H3,(H,16,23)(H,18,22)/t11-/m1/s1. The zero-order valence-corrected chi connectivity index (χ0v) is 15.1. The first kappa shape index (κ1) is 18.2. The fraction of sp³-hybridized carbons (Fsp3) is 0.533. The van der Waals surface area contributed by atoms with Crippen LogP contribution in [0.4, 0.5) is 0 Å². The highest BCUT2D eigenvalue weighted by Crippen LogP contribution is 2.18. The Hall–Kier alpha value is -2.16. The minimum absolute atomic E-state index is 0.152. The van der Waals surface area contributed by atoms with E-state index in [4.69, 9.17) is 0 Å². The molecule has 0 unspecified atom stereocenters. The molecule has 8 nitrogen and oxygen atoms in total. The summed E-state index contributed by atoms with van der Waals surface area (Å²) < 4.78 is 1.81. The fourth-order valence-electron chi connectivity index (χ4n) is 2.17. The average molecular weight is 350 g/mol. The van der Waals surface area contributed by atoms with Gasteiger partial charge in [0.15, 0.2) is 5.16 Å². The van der Waals surface area contributed by atoms with Crippen molar-refractivity contribution in [1.29, 1.82) is 0 Å². The highest BCUT2D eigenvalue weighted by Gasteiger charge is 2.16. The summed E-state index contributed by atoms with van der Waals surface area (Å²) in [6.07, 6.45) is 0.856. The Labute approximate surface area is 144 Å². The van der Waals surface area contributed by atoms with Gasteiger partial charge in [-0.25, -0.2) is 4.98 Å². The van der Waals surface area contributed by atoms with Crippen molar-refractivity contribution in [1.82, 2.24) is 30.2 Å². The van der Waals surface area contributed by atoms with E-state index in [9.17, 15) is 9.59 Å². The third-order valence-corrected chi connectivity index (χ3v) is 4.24. The summed E-state index contributed by atoms with van der Waals surface area (Å²) in [6, 6.07) is 1.37. The first-order valence-corrected chi connectivity index (χ1v) is 8.80. The van der Waals surface area contributed by atoms with Crippen molar-refractivity contribution in [3.05, 3.63) is 17.5 Å². The van der Waals surface area contributed by atoms with Crippen LogP contribution in [0.1, 0.15) is 31.7 Å². The molecule has 0 aliphatic carbocycles. The number of hydrogen-bond donors (Lipinski definition) is 2. The molecule has 2 rings (SSSR count). The highest BCUT2D eigenvalue weighted by molar-refractivity contribution is 7.99. The largest absolute Gasteiger partial charge is 0.354 e. The minimum atomic E-state index is -0.564. The quantitative estimate of drug-likeness (QED) is 0.719. The van der Waals surface area contributed by atoms with Crippen molar-refractivity contribution >= 4 is 29.4 Å². The van der Waals surface area contributed by atoms with Crippen molar-refractivity contribution in [3.63, 3.8) is 0 Å². The SMILES string of the molecule is CCCNC(=O)[C@@H](C)NC(=O)CSc1nnc2nc(C)cc(C)n12. The summed E-state index contributed by atoms with van der Waals surface area (Å²) in [5.41, 5.74) is 1.83. The number of nitrogens with one attached hydrogen (secondary N) is 2. The molecule has 24 heavy (non-hydrogen) atoms. The maximum absolute atomic E-state index is 12.0. The van der Waals surface area contributed by atoms with Gasteiger partial charge in [-0.3, -0.25) is 14.0 Å². The van der Waals surface area contributed by atoms with Crippen molar-refractivity contribution in [2.24, 2.45) is 0 Å². The van der Waals surface area contributed by atoms with Gasteiger partial charge in [0, 0.05) is 17.9 Å². The first-order chi connectivity index (χ1) is 11.4. The van der Waals surface area contributed by atoms with E-state index in [-0.39, 0.29) is 17.6 Å². The molecule has 9 heteroatoms. The second-order valence-electron chi connectivity index (χ2n) is 5.53. The molecular weight excluding hydrogens is 328 g/mol. The molecule has 0 bridgehead atoms. The lowest BCUT2D eigenvalue weighted by Crippen LogP contribution is -2.45. The van der Waals surface area contributed by atoms with Crippen LogP contribution >= 0.6 is 11.8 Å². The summed E-state index contributed by atoms with van der Waals surface area (Å²) in [5, 5.41) is 14.1. The number of rotatable bonds is 7. The summed E-state index contributed by atoms with van der Waals surface area (Å²) >= 11 is 1.26. The van der Waals surface area contributed by atoms with Crippen LogP contribution in [0.15, 0.2) is 11.2 Å². The fourth-order valence-corrected chi connectivity index (χ4v) is 2.97. The van der Waals surface area contributed by atoms with Crippen LogP contribution < -0.4 is 10.6 Å². The number of thioether (sulfide) groups is 1. The van der Waals surface area contributed by atoms with Crippen LogP contribution in [0.3, 0.4) is 0 Å². The molecule has 2 aromatic rings. The summed E-state index contributed by atoms with van der Waals surface area (Å²) in [7, 11) is 0. The molecule has 0 saturated heterocycles. The summed E-state index contributed by atoms with van der Waals surface area (Å²) in [4.78, 5) is 28.1. The van der Waals surface area contributed by atoms with Gasteiger partial charge in [-0.2, -0.15) is 0 Å². The number of aryl methyl sites for hydroxylation is 2. The molecule has 0 aromatic carbocycles. The smallest absolute Gasteiger partial charge is 0.256 e. The molecule has 0 aliphatic heterocycles. The Morgan fingerprint density at radius 2 is 2.08 bits per heavy atom. The van der Waals surface area contributed by atoms with E-state index in [1.165, 1.54) is 11.8 Å². The van der Waals surface area contributed by atoms with E-state index in [1.807, 2.05) is 31.2 Å². The van der Waals surface area contributed by atoms with Crippen molar-refractivity contribution in [2.75, 3.05) is 12.3 Å². The third kappa shape index (κ3) is 4.44. The minimum Gasteiger partial charge on any atom is -0.354 e. The monoisotopic (exact) mass is 350 g/mol. The van der Waals surface area contributed by atoms with Crippen LogP contribution in [-0.4, -0.2) is 49.7 Å². The van der Waals surface area contributed by atoms with Crippen LogP contribution in [0, 0.1) is 13.8 Å². The first-order valence-electron chi connectivity index (χ1n) is 7.81. The summed E-state index contributed by atoms with van der Waals surface area (Å²) in [5.74, 6) is 0.259. The van der Waals surface area contributed by atoms with Gasteiger partial charge in [0.05, 0.1) is 5.75 Å². The number of carbonyl (C=O) groups excluding carboxylic acids is 2. The predicted octanol–water partition coefficient (Wildman–Crippen LogP) is 0.864. The molecule has 2 amide bonds. The second-order valence-corrected chi connectivity index (χ2v) is 6.47. The number of carbonyl (C=O) groups is 2. The van der Waals surface area contributed by atoms with Crippen LogP contribution in [0.5, 0.6) is 0 Å². The highest BCUT2D eigenvalue weighted by atomic mass is 32.2. The van der Waals surface area contributed by atoms with Crippen molar-refractivity contribution in [3.8, 4) is 0 Å². The maximum atomic E-state index is 12.0. The summed E-state index contributed by atoms with van der Waals surface area (Å²) in [6.45, 7) is 8.08. The van der Waals surface area contributed by atoms with E-state index in [1.54, 1.807) is 6.92 Å². The van der Waals surface area contributed by atoms with E-state index in [0.29, 0.717) is 17.5 Å². The van der Waals surface area contributed by atoms with Gasteiger partial charge in [-0.15, -0.1) is 10.2 Å². The normalized spacial score (nSPS) is 12.2. The molecule has 0 spiro atoms. The second kappa shape index (κ2) is 8.09. The van der Waals surface area contributed by atoms with Gasteiger partial charge < -0.3 is 10.6 Å². The molecule has 2 aromatic heterocycles. The molecule has 0 fully saturated rings. The lowest BCUT2D eigenvalue weighted by atomic mass is 10.3. The van der Waals surface area contributed by atoms with Crippen LogP contribution in [0.25, 0.3) is 5.78 Å². The lowest BCUT2D eigenvalue weighted by Gasteiger charge is -2.13. The number of fused-ring (bicyclic) bond motifs is 1. The Bertz CT molecular complexity index is 745. The van der Waals surface area contributed by atoms with E-state index >= 15 is 0 Å². The topological polar surface area (TPSA) is 101 Å². The number of nitrogens with zero attached hydrogens (tertiary/aromatic N) is 4. The number of hydrogen-bond acceptors (Lipinski definition) is 6. The van der Waals surface area contributed by atoms with Crippen LogP contribution in [-0.2, 0) is 9.59 Å². The number of amides is 2. The Morgan fingerprint density at radius 3 is 2.79 bits per heavy atom. The Kier molecular flexibility index (Phi) is 6.13. The molecule has 0 radical (unpaired) electrons. The molecule has 2 N–H and O–H groups in total. The van der Waals surface area contributed by atoms with Crippen molar-refractivity contribution < 1.29 is 9.59 Å². The molecule has 2 heterocycles. The van der Waals surface area contributed by atoms with Crippen LogP contribution in [0.2, 0.25) is 0 Å². The lowest BCUT2D eigenvalue weighted by molar-refractivity contribution is -0.127. The van der Waals surface area contributed by atoms with Gasteiger partial charge in [0.2, 0.25) is 11.8 Å². The van der Waals surface area contributed by atoms with Gasteiger partial charge in [-0.1, -0.05) is 18.7 Å². The van der Waals surface area contributed by atoms with E-state index < -0.39 is 6.04 Å². The van der Waals surface area contributed by atoms with Gasteiger partial charge in [0.25, 0.3) is 5.78 Å². The van der Waals surface area contributed by atoms with E-state index in [2.05, 4.69) is 25.8 Å². The van der Waals surface area contributed by atoms with Gasteiger partial charge in [-0.05, 0) is 33.3 Å². The van der Waals surface area contributed by atoms with Gasteiger partial charge >= 0.3 is 0 Å². The third-order valence-electron chi connectivity index (χ3n) is 3.32. The molecule has 130 valence electrons. The average Bonchev–Trinajstić information content (AvgIpc) is 2.93. The predicted molar refractivity (Wildman–Crippen MR) is 91.9 cm³/mol. The zero-order valence-electron chi connectivity index (χ0n) is 14.3.